The Kier molecular flexibility index (Phi) is 3.03. The molecule has 0 aliphatic heterocycles. The number of rotatable bonds is 1. The van der Waals surface area contributed by atoms with Crippen LogP contribution in [0.25, 0.3) is 0 Å². The molecule has 0 radical (unpaired) electrons. The third-order valence-electron chi connectivity index (χ3n) is 3.62. The smallest absolute Gasteiger partial charge is 0.298 e. The number of aromatic nitrogens is 2. The molecule has 0 fully saturated rings. The van der Waals surface area contributed by atoms with Crippen molar-refractivity contribution in [3.63, 3.8) is 0 Å². The number of hydrogen-bond donors (Lipinski definition) is 1. The fraction of sp³-hybridized carbons (Fsp3) is 0.286. The van der Waals surface area contributed by atoms with Gasteiger partial charge in [-0.3, -0.25) is 14.3 Å². The van der Waals surface area contributed by atoms with E-state index in [4.69, 9.17) is 11.6 Å². The summed E-state index contributed by atoms with van der Waals surface area (Å²) in [5.74, 6) is 0. The van der Waals surface area contributed by atoms with E-state index in [2.05, 4.69) is 17.1 Å². The number of aryl methyl sites for hydroxylation is 1. The van der Waals surface area contributed by atoms with Crippen molar-refractivity contribution in [2.45, 2.75) is 25.3 Å². The van der Waals surface area contributed by atoms with E-state index < -0.39 is 5.69 Å². The average Bonchev–Trinajstić information content (AvgIpc) is 2.37. The maximum absolute atomic E-state index is 11.9. The Morgan fingerprint density at radius 3 is 2.68 bits per heavy atom. The Balaban J connectivity index is 2.03. The van der Waals surface area contributed by atoms with E-state index in [-0.39, 0.29) is 16.8 Å². The molecular formula is C14H13ClN2O2. The van der Waals surface area contributed by atoms with Gasteiger partial charge in [-0.2, -0.15) is 0 Å². The minimum Gasteiger partial charge on any atom is -0.298 e. The first kappa shape index (κ1) is 12.2. The maximum atomic E-state index is 11.9. The lowest BCUT2D eigenvalue weighted by Crippen LogP contribution is -2.39. The molecule has 2 aromatic rings. The molecule has 4 nitrogen and oxygen atoms in total. The van der Waals surface area contributed by atoms with Gasteiger partial charge in [0.05, 0.1) is 0 Å². The summed E-state index contributed by atoms with van der Waals surface area (Å²) in [4.78, 5) is 26.3. The third kappa shape index (κ3) is 2.24. The van der Waals surface area contributed by atoms with Gasteiger partial charge in [0.2, 0.25) is 0 Å². The monoisotopic (exact) mass is 276 g/mol. The van der Waals surface area contributed by atoms with Gasteiger partial charge in [0.15, 0.2) is 0 Å². The van der Waals surface area contributed by atoms with Gasteiger partial charge >= 0.3 is 5.69 Å². The molecule has 1 aromatic carbocycles. The van der Waals surface area contributed by atoms with Crippen LogP contribution in [-0.4, -0.2) is 9.55 Å². The second-order valence-electron chi connectivity index (χ2n) is 4.80. The Labute approximate surface area is 114 Å². The van der Waals surface area contributed by atoms with Crippen LogP contribution >= 0.6 is 11.6 Å². The van der Waals surface area contributed by atoms with Gasteiger partial charge in [-0.05, 0) is 30.4 Å². The van der Waals surface area contributed by atoms with Crippen LogP contribution in [0.1, 0.15) is 23.6 Å². The molecule has 0 amide bonds. The summed E-state index contributed by atoms with van der Waals surface area (Å²) in [7, 11) is 0. The number of fused-ring (bicyclic) bond motifs is 1. The van der Waals surface area contributed by atoms with Crippen molar-refractivity contribution in [2.24, 2.45) is 0 Å². The van der Waals surface area contributed by atoms with Crippen molar-refractivity contribution in [1.29, 1.82) is 0 Å². The molecule has 1 aliphatic rings. The molecule has 1 aliphatic carbocycles. The molecule has 1 aromatic heterocycles. The van der Waals surface area contributed by atoms with Crippen molar-refractivity contribution in [3.8, 4) is 0 Å². The molecule has 1 N–H and O–H groups in total. The summed E-state index contributed by atoms with van der Waals surface area (Å²) in [5.41, 5.74) is 1.75. The Bertz CT molecular complexity index is 701. The van der Waals surface area contributed by atoms with Crippen LogP contribution in [0.3, 0.4) is 0 Å². The van der Waals surface area contributed by atoms with Crippen molar-refractivity contribution in [2.75, 3.05) is 0 Å². The molecule has 1 heterocycles. The standard InChI is InChI=1S/C14H13ClN2O2/c15-12-8-13(18)17(14(19)16-12)11-6-5-9-3-1-2-4-10(9)7-11/h1-4,8,11H,5-7H2,(H,16,19). The highest BCUT2D eigenvalue weighted by atomic mass is 35.5. The maximum Gasteiger partial charge on any atom is 0.329 e. The second kappa shape index (κ2) is 4.70. The zero-order chi connectivity index (χ0) is 13.4. The van der Waals surface area contributed by atoms with Gasteiger partial charge in [-0.15, -0.1) is 0 Å². The van der Waals surface area contributed by atoms with E-state index in [0.717, 1.165) is 12.8 Å². The predicted molar refractivity (Wildman–Crippen MR) is 73.8 cm³/mol. The molecule has 1 atom stereocenters. The Morgan fingerprint density at radius 2 is 1.95 bits per heavy atom. The predicted octanol–water partition coefficient (Wildman–Crippen LogP) is 1.92. The first-order chi connectivity index (χ1) is 9.15. The number of nitrogens with one attached hydrogen (secondary N) is 1. The summed E-state index contributed by atoms with van der Waals surface area (Å²) < 4.78 is 1.28. The molecule has 0 bridgehead atoms. The molecule has 0 spiro atoms. The van der Waals surface area contributed by atoms with Crippen LogP contribution in [0, 0.1) is 0 Å². The second-order valence-corrected chi connectivity index (χ2v) is 5.20. The number of nitrogens with zero attached hydrogens (tertiary/aromatic N) is 1. The summed E-state index contributed by atoms with van der Waals surface area (Å²) in [6.45, 7) is 0. The molecule has 1 unspecified atom stereocenters. The Hall–Kier alpha value is -1.81. The highest BCUT2D eigenvalue weighted by Gasteiger charge is 2.22. The van der Waals surface area contributed by atoms with Crippen molar-refractivity contribution >= 4 is 11.6 Å². The van der Waals surface area contributed by atoms with E-state index in [9.17, 15) is 9.59 Å². The Morgan fingerprint density at radius 1 is 1.21 bits per heavy atom. The van der Waals surface area contributed by atoms with Crippen LogP contribution in [0.4, 0.5) is 0 Å². The average molecular weight is 277 g/mol. The minimum absolute atomic E-state index is 0.0856. The van der Waals surface area contributed by atoms with Crippen molar-refractivity contribution in [1.82, 2.24) is 9.55 Å². The molecule has 5 heteroatoms. The van der Waals surface area contributed by atoms with Crippen molar-refractivity contribution < 1.29 is 0 Å². The minimum atomic E-state index is -0.429. The van der Waals surface area contributed by atoms with Gasteiger partial charge in [-0.25, -0.2) is 4.79 Å². The number of hydrogen-bond acceptors (Lipinski definition) is 2. The lowest BCUT2D eigenvalue weighted by Gasteiger charge is -2.25. The van der Waals surface area contributed by atoms with E-state index in [1.807, 2.05) is 12.1 Å². The van der Waals surface area contributed by atoms with Crippen LogP contribution in [0.2, 0.25) is 5.15 Å². The van der Waals surface area contributed by atoms with Crippen LogP contribution in [-0.2, 0) is 12.8 Å². The van der Waals surface area contributed by atoms with Crippen LogP contribution < -0.4 is 11.2 Å². The number of H-pyrrole nitrogens is 1. The topological polar surface area (TPSA) is 54.9 Å². The third-order valence-corrected chi connectivity index (χ3v) is 3.82. The summed E-state index contributed by atoms with van der Waals surface area (Å²) in [5, 5.41) is 0.0856. The summed E-state index contributed by atoms with van der Waals surface area (Å²) in [6.07, 6.45) is 2.39. The van der Waals surface area contributed by atoms with Gasteiger partial charge in [0.25, 0.3) is 5.56 Å². The van der Waals surface area contributed by atoms with Gasteiger partial charge < -0.3 is 0 Å². The first-order valence-corrected chi connectivity index (χ1v) is 6.61. The van der Waals surface area contributed by atoms with Crippen molar-refractivity contribution in [3.05, 3.63) is 67.4 Å². The molecular weight excluding hydrogens is 264 g/mol. The quantitative estimate of drug-likeness (QED) is 0.809. The number of aromatic amines is 1. The molecule has 3 rings (SSSR count). The highest BCUT2D eigenvalue weighted by molar-refractivity contribution is 6.29. The summed E-state index contributed by atoms with van der Waals surface area (Å²) >= 11 is 5.67. The normalized spacial score (nSPS) is 18.1. The van der Waals surface area contributed by atoms with Gasteiger partial charge in [0, 0.05) is 12.1 Å². The molecule has 0 saturated heterocycles. The zero-order valence-corrected chi connectivity index (χ0v) is 11.0. The lowest BCUT2D eigenvalue weighted by atomic mass is 9.88. The molecule has 19 heavy (non-hydrogen) atoms. The fourth-order valence-corrected chi connectivity index (χ4v) is 2.90. The lowest BCUT2D eigenvalue weighted by molar-refractivity contribution is 0.414. The number of benzene rings is 1. The fourth-order valence-electron chi connectivity index (χ4n) is 2.72. The highest BCUT2D eigenvalue weighted by Crippen LogP contribution is 2.27. The van der Waals surface area contributed by atoms with Crippen LogP contribution in [0.15, 0.2) is 39.9 Å². The van der Waals surface area contributed by atoms with E-state index in [1.54, 1.807) is 0 Å². The van der Waals surface area contributed by atoms with Gasteiger partial charge in [-0.1, -0.05) is 35.9 Å². The van der Waals surface area contributed by atoms with Crippen LogP contribution in [0.5, 0.6) is 0 Å². The first-order valence-electron chi connectivity index (χ1n) is 6.23. The van der Waals surface area contributed by atoms with E-state index in [1.165, 1.54) is 21.8 Å². The number of halogens is 1. The molecule has 98 valence electrons. The van der Waals surface area contributed by atoms with E-state index in [0.29, 0.717) is 6.42 Å². The molecule has 0 saturated carbocycles. The summed E-state index contributed by atoms with van der Waals surface area (Å²) in [6, 6.07) is 9.31. The SMILES string of the molecule is O=c1cc(Cl)[nH]c(=O)n1C1CCc2ccccc2C1. The zero-order valence-electron chi connectivity index (χ0n) is 10.2. The van der Waals surface area contributed by atoms with Gasteiger partial charge in [0.1, 0.15) is 5.15 Å². The largest absolute Gasteiger partial charge is 0.329 e. The van der Waals surface area contributed by atoms with E-state index >= 15 is 0 Å².